The van der Waals surface area contributed by atoms with Gasteiger partial charge in [-0.05, 0) is 25.1 Å². The summed E-state index contributed by atoms with van der Waals surface area (Å²) in [7, 11) is 1.79. The van der Waals surface area contributed by atoms with Gasteiger partial charge in [0.05, 0.1) is 0 Å². The van der Waals surface area contributed by atoms with Crippen molar-refractivity contribution in [2.24, 2.45) is 0 Å². The van der Waals surface area contributed by atoms with E-state index < -0.39 is 60.0 Å². The summed E-state index contributed by atoms with van der Waals surface area (Å²) in [5.41, 5.74) is 1.68. The normalized spacial score (nSPS) is 13.8. The predicted octanol–water partition coefficient (Wildman–Crippen LogP) is 0.338. The zero-order valence-electron chi connectivity index (χ0n) is 21.1. The number of Topliss-reactive ketones (excluding diaryl/α,β-unsaturated/α-hetero) is 1. The number of ketones is 1. The Morgan fingerprint density at radius 2 is 1.14 bits per heavy atom. The minimum atomic E-state index is -1.85. The van der Waals surface area contributed by atoms with Gasteiger partial charge in [0.2, 0.25) is 6.10 Å². The topological polar surface area (TPSA) is 163 Å². The van der Waals surface area contributed by atoms with Gasteiger partial charge < -0.3 is 29.6 Å². The molecule has 0 aliphatic carbocycles. The van der Waals surface area contributed by atoms with Crippen LogP contribution < -0.4 is 10.6 Å². The monoisotopic (exact) mass is 508 g/mol. The van der Waals surface area contributed by atoms with Gasteiger partial charge in [-0.25, -0.2) is 0 Å². The van der Waals surface area contributed by atoms with Crippen molar-refractivity contribution in [2.45, 2.75) is 72.1 Å². The molecule has 0 unspecified atom stereocenters. The second kappa shape index (κ2) is 14.6. The Morgan fingerprint density at radius 1 is 0.694 bits per heavy atom. The molecule has 1 aromatic rings. The first-order chi connectivity index (χ1) is 16.8. The fourth-order valence-corrected chi connectivity index (χ4v) is 3.34. The number of hydrogen-bond acceptors (Lipinski definition) is 11. The molecule has 0 heterocycles. The highest BCUT2D eigenvalue weighted by Gasteiger charge is 2.47. The second-order valence-corrected chi connectivity index (χ2v) is 7.89. The average Bonchev–Trinajstić information content (AvgIpc) is 2.76. The Bertz CT molecular complexity index is 977. The number of amides is 1. The number of nitrogens with one attached hydrogen (secondary N) is 2. The molecule has 36 heavy (non-hydrogen) atoms. The van der Waals surface area contributed by atoms with Crippen LogP contribution in [0.3, 0.4) is 0 Å². The molecule has 0 bridgehead atoms. The lowest BCUT2D eigenvalue weighted by Crippen LogP contribution is -2.57. The Labute approximate surface area is 209 Å². The van der Waals surface area contributed by atoms with Crippen LogP contribution in [0, 0.1) is 0 Å². The van der Waals surface area contributed by atoms with Gasteiger partial charge in [0.1, 0.15) is 0 Å². The van der Waals surface area contributed by atoms with E-state index in [1.165, 1.54) is 0 Å². The first-order valence-electron chi connectivity index (χ1n) is 11.0. The van der Waals surface area contributed by atoms with Crippen molar-refractivity contribution in [3.05, 3.63) is 35.4 Å². The van der Waals surface area contributed by atoms with E-state index in [4.69, 9.17) is 18.9 Å². The minimum Gasteiger partial charge on any atom is -0.454 e. The van der Waals surface area contributed by atoms with Crippen LogP contribution in [0.25, 0.3) is 0 Å². The Hall–Kier alpha value is -3.80. The molecule has 0 aliphatic rings. The van der Waals surface area contributed by atoms with E-state index in [2.05, 4.69) is 10.6 Å². The lowest BCUT2D eigenvalue weighted by atomic mass is 9.98. The smallest absolute Gasteiger partial charge is 0.303 e. The number of rotatable bonds is 13. The number of hydrogen-bond donors (Lipinski definition) is 2. The molecule has 0 saturated carbocycles. The maximum Gasteiger partial charge on any atom is 0.303 e. The summed E-state index contributed by atoms with van der Waals surface area (Å²) in [6, 6.07) is 7.29. The third kappa shape index (κ3) is 10.2. The lowest BCUT2D eigenvalue weighted by Gasteiger charge is -2.34. The number of ether oxygens (including phenoxy) is 4. The Kier molecular flexibility index (Phi) is 12.2. The molecule has 1 amide bonds. The van der Waals surface area contributed by atoms with Crippen molar-refractivity contribution >= 4 is 35.6 Å². The summed E-state index contributed by atoms with van der Waals surface area (Å²) in [5, 5.41) is 5.60. The quantitative estimate of drug-likeness (QED) is 0.279. The van der Waals surface area contributed by atoms with Crippen LogP contribution in [-0.4, -0.2) is 67.0 Å². The molecule has 12 nitrogen and oxygen atoms in total. The van der Waals surface area contributed by atoms with Gasteiger partial charge >= 0.3 is 23.9 Å². The van der Waals surface area contributed by atoms with Crippen molar-refractivity contribution in [2.75, 3.05) is 7.05 Å². The van der Waals surface area contributed by atoms with Crippen molar-refractivity contribution in [1.82, 2.24) is 10.6 Å². The van der Waals surface area contributed by atoms with Crippen molar-refractivity contribution in [3.63, 3.8) is 0 Å². The van der Waals surface area contributed by atoms with Crippen molar-refractivity contribution < 1.29 is 47.7 Å². The lowest BCUT2D eigenvalue weighted by molar-refractivity contribution is -0.199. The summed E-state index contributed by atoms with van der Waals surface area (Å²) in [6.45, 7) is 5.69. The zero-order chi connectivity index (χ0) is 27.4. The van der Waals surface area contributed by atoms with Crippen LogP contribution in [0.2, 0.25) is 0 Å². The van der Waals surface area contributed by atoms with E-state index in [1.54, 1.807) is 19.2 Å². The van der Waals surface area contributed by atoms with Gasteiger partial charge in [0.25, 0.3) is 5.91 Å². The average molecular weight is 509 g/mol. The minimum absolute atomic E-state index is 0.0132. The molecule has 12 heteroatoms. The maximum absolute atomic E-state index is 13.2. The molecule has 0 aromatic heterocycles. The van der Waals surface area contributed by atoms with Crippen LogP contribution in [0.1, 0.15) is 45.7 Å². The van der Waals surface area contributed by atoms with E-state index >= 15 is 0 Å². The van der Waals surface area contributed by atoms with Crippen LogP contribution in [0.4, 0.5) is 0 Å². The molecule has 1 aromatic carbocycles. The zero-order valence-corrected chi connectivity index (χ0v) is 21.1. The SMILES string of the molecule is CNCc1cccc(CNC(=O)[C@H](OC(C)=O)[C@@H](OC(C)=O)[C@H](OC(C)=O)[C@H](OC(C)=O)C(C)=O)c1. The second-order valence-electron chi connectivity index (χ2n) is 7.89. The molecule has 198 valence electrons. The molecule has 0 aliphatic heterocycles. The summed E-state index contributed by atoms with van der Waals surface area (Å²) in [5.74, 6) is -5.36. The summed E-state index contributed by atoms with van der Waals surface area (Å²) >= 11 is 0. The van der Waals surface area contributed by atoms with Crippen LogP contribution in [0.15, 0.2) is 24.3 Å². The molecular formula is C24H32N2O10. The predicted molar refractivity (Wildman–Crippen MR) is 124 cm³/mol. The summed E-state index contributed by atoms with van der Waals surface area (Å²) in [6.07, 6.45) is -7.21. The fourth-order valence-electron chi connectivity index (χ4n) is 3.34. The summed E-state index contributed by atoms with van der Waals surface area (Å²) < 4.78 is 20.5. The van der Waals surface area contributed by atoms with E-state index in [1.807, 2.05) is 12.1 Å². The van der Waals surface area contributed by atoms with Gasteiger partial charge in [-0.3, -0.25) is 28.8 Å². The highest BCUT2D eigenvalue weighted by Crippen LogP contribution is 2.21. The van der Waals surface area contributed by atoms with Gasteiger partial charge in [-0.1, -0.05) is 24.3 Å². The van der Waals surface area contributed by atoms with E-state index in [0.717, 1.165) is 45.7 Å². The molecule has 0 spiro atoms. The van der Waals surface area contributed by atoms with Gasteiger partial charge in [0, 0.05) is 40.8 Å². The first kappa shape index (κ1) is 30.2. The van der Waals surface area contributed by atoms with Gasteiger partial charge in [0.15, 0.2) is 24.1 Å². The molecule has 1 rings (SSSR count). The Balaban J connectivity index is 3.40. The molecule has 4 atom stereocenters. The number of carbonyl (C=O) groups excluding carboxylic acids is 6. The van der Waals surface area contributed by atoms with Crippen LogP contribution in [-0.2, 0) is 60.8 Å². The van der Waals surface area contributed by atoms with E-state index in [-0.39, 0.29) is 6.54 Å². The largest absolute Gasteiger partial charge is 0.454 e. The third-order valence-corrected chi connectivity index (χ3v) is 4.61. The maximum atomic E-state index is 13.2. The number of benzene rings is 1. The first-order valence-corrected chi connectivity index (χ1v) is 11.0. The van der Waals surface area contributed by atoms with Crippen LogP contribution in [0.5, 0.6) is 0 Å². The van der Waals surface area contributed by atoms with Crippen molar-refractivity contribution in [1.29, 1.82) is 0 Å². The Morgan fingerprint density at radius 3 is 1.58 bits per heavy atom. The van der Waals surface area contributed by atoms with Crippen molar-refractivity contribution in [3.8, 4) is 0 Å². The third-order valence-electron chi connectivity index (χ3n) is 4.61. The molecular weight excluding hydrogens is 476 g/mol. The standard InChI is InChI=1S/C24H32N2O10/c1-13(27)20(33-14(2)28)21(34-15(3)29)22(35-16(4)30)23(36-17(5)31)24(32)26-12-19-9-7-8-18(10-19)11-25-6/h7-10,20-23,25H,11-12H2,1-6H3,(H,26,32)/t20-,21-,22+,23-/m1/s1. The summed E-state index contributed by atoms with van der Waals surface area (Å²) in [4.78, 5) is 72.7. The highest BCUT2D eigenvalue weighted by atomic mass is 16.6. The van der Waals surface area contributed by atoms with E-state index in [9.17, 15) is 28.8 Å². The number of carbonyl (C=O) groups is 6. The van der Waals surface area contributed by atoms with Crippen LogP contribution >= 0.6 is 0 Å². The molecule has 2 N–H and O–H groups in total. The molecule has 0 radical (unpaired) electrons. The molecule has 0 fully saturated rings. The fraction of sp³-hybridized carbons (Fsp3) is 0.500. The van der Waals surface area contributed by atoms with Gasteiger partial charge in [-0.15, -0.1) is 0 Å². The van der Waals surface area contributed by atoms with Gasteiger partial charge in [-0.2, -0.15) is 0 Å². The highest BCUT2D eigenvalue weighted by molar-refractivity contribution is 5.87. The molecule has 0 saturated heterocycles. The number of esters is 4. The van der Waals surface area contributed by atoms with E-state index in [0.29, 0.717) is 6.54 Å².